The van der Waals surface area contributed by atoms with Gasteiger partial charge in [-0.3, -0.25) is 4.79 Å². The number of carbonyl (C=O) groups is 1. The summed E-state index contributed by atoms with van der Waals surface area (Å²) in [5, 5.41) is 2.96. The zero-order chi connectivity index (χ0) is 16.9. The average Bonchev–Trinajstić information content (AvgIpc) is 2.88. The Morgan fingerprint density at radius 1 is 1.08 bits per heavy atom. The van der Waals surface area contributed by atoms with E-state index >= 15 is 0 Å². The van der Waals surface area contributed by atoms with Gasteiger partial charge in [0.2, 0.25) is 5.95 Å². The maximum Gasteiger partial charge on any atom is 0.274 e. The quantitative estimate of drug-likeness (QED) is 0.934. The van der Waals surface area contributed by atoms with Crippen molar-refractivity contribution in [3.8, 4) is 0 Å². The van der Waals surface area contributed by atoms with Crippen LogP contribution in [0.4, 0.5) is 11.6 Å². The molecule has 5 heteroatoms. The molecule has 126 valence electrons. The van der Waals surface area contributed by atoms with E-state index in [9.17, 15) is 4.79 Å². The van der Waals surface area contributed by atoms with Crippen molar-refractivity contribution in [2.75, 3.05) is 23.3 Å². The molecule has 1 amide bonds. The molecule has 0 bridgehead atoms. The van der Waals surface area contributed by atoms with Crippen LogP contribution in [0.15, 0.2) is 30.5 Å². The van der Waals surface area contributed by atoms with Crippen LogP contribution in [-0.2, 0) is 0 Å². The number of carbonyl (C=O) groups excluding carboxylic acids is 1. The van der Waals surface area contributed by atoms with Crippen molar-refractivity contribution in [2.45, 2.75) is 39.5 Å². The van der Waals surface area contributed by atoms with Gasteiger partial charge in [-0.2, -0.15) is 0 Å². The number of nitrogens with one attached hydrogen (secondary N) is 1. The summed E-state index contributed by atoms with van der Waals surface area (Å²) in [7, 11) is 0. The lowest BCUT2D eigenvalue weighted by atomic mass is 10.1. The second-order valence-corrected chi connectivity index (χ2v) is 6.34. The van der Waals surface area contributed by atoms with E-state index in [1.54, 1.807) is 12.3 Å². The molecule has 1 fully saturated rings. The summed E-state index contributed by atoms with van der Waals surface area (Å²) >= 11 is 0. The van der Waals surface area contributed by atoms with E-state index < -0.39 is 0 Å². The van der Waals surface area contributed by atoms with Gasteiger partial charge in [-0.25, -0.2) is 9.97 Å². The zero-order valence-corrected chi connectivity index (χ0v) is 14.4. The van der Waals surface area contributed by atoms with E-state index in [2.05, 4.69) is 20.2 Å². The van der Waals surface area contributed by atoms with E-state index in [1.165, 1.54) is 12.8 Å². The molecule has 2 aromatic rings. The highest BCUT2D eigenvalue weighted by Gasteiger charge is 2.16. The third kappa shape index (κ3) is 3.72. The van der Waals surface area contributed by atoms with Gasteiger partial charge in [0.25, 0.3) is 5.91 Å². The van der Waals surface area contributed by atoms with Crippen molar-refractivity contribution in [1.82, 2.24) is 9.97 Å². The maximum absolute atomic E-state index is 12.6. The summed E-state index contributed by atoms with van der Waals surface area (Å²) in [5.41, 5.74) is 3.47. The van der Waals surface area contributed by atoms with Crippen molar-refractivity contribution in [3.63, 3.8) is 0 Å². The Labute approximate surface area is 143 Å². The van der Waals surface area contributed by atoms with Crippen molar-refractivity contribution in [1.29, 1.82) is 0 Å². The van der Waals surface area contributed by atoms with E-state index in [0.717, 1.165) is 42.7 Å². The zero-order valence-electron chi connectivity index (χ0n) is 14.4. The van der Waals surface area contributed by atoms with Crippen LogP contribution in [-0.4, -0.2) is 29.0 Å². The van der Waals surface area contributed by atoms with Crippen molar-refractivity contribution >= 4 is 17.5 Å². The summed E-state index contributed by atoms with van der Waals surface area (Å²) in [6.45, 7) is 5.96. The van der Waals surface area contributed by atoms with Gasteiger partial charge in [0.15, 0.2) is 0 Å². The Morgan fingerprint density at radius 3 is 2.58 bits per heavy atom. The van der Waals surface area contributed by atoms with E-state index in [4.69, 9.17) is 0 Å². The molecule has 1 N–H and O–H groups in total. The van der Waals surface area contributed by atoms with Crippen LogP contribution < -0.4 is 10.2 Å². The lowest BCUT2D eigenvalue weighted by Crippen LogP contribution is -2.27. The fourth-order valence-electron chi connectivity index (χ4n) is 2.97. The largest absolute Gasteiger partial charge is 0.341 e. The van der Waals surface area contributed by atoms with Crippen LogP contribution in [0, 0.1) is 13.8 Å². The fourth-order valence-corrected chi connectivity index (χ4v) is 2.97. The molecule has 1 aliphatic rings. The van der Waals surface area contributed by atoms with Crippen LogP contribution in [0.1, 0.15) is 47.3 Å². The normalized spacial score (nSPS) is 15.0. The molecule has 5 nitrogen and oxygen atoms in total. The van der Waals surface area contributed by atoms with E-state index in [-0.39, 0.29) is 5.91 Å². The van der Waals surface area contributed by atoms with Crippen LogP contribution in [0.2, 0.25) is 0 Å². The molecule has 1 aliphatic heterocycles. The maximum atomic E-state index is 12.6. The number of rotatable bonds is 3. The molecule has 0 aliphatic carbocycles. The Bertz CT molecular complexity index is 721. The number of aryl methyl sites for hydroxylation is 1. The summed E-state index contributed by atoms with van der Waals surface area (Å²) in [5.74, 6) is 0.465. The number of hydrogen-bond donors (Lipinski definition) is 1. The van der Waals surface area contributed by atoms with Gasteiger partial charge < -0.3 is 10.2 Å². The molecular formula is C19H24N4O. The fraction of sp³-hybridized carbons (Fsp3) is 0.421. The molecule has 0 unspecified atom stereocenters. The molecule has 0 atom stereocenters. The smallest absolute Gasteiger partial charge is 0.274 e. The molecule has 0 saturated carbocycles. The number of hydrogen-bond acceptors (Lipinski definition) is 4. The van der Waals surface area contributed by atoms with Crippen molar-refractivity contribution in [2.24, 2.45) is 0 Å². The molecular weight excluding hydrogens is 300 g/mol. The summed E-state index contributed by atoms with van der Waals surface area (Å²) < 4.78 is 0. The molecule has 1 aromatic heterocycles. The summed E-state index contributed by atoms with van der Waals surface area (Å²) in [4.78, 5) is 23.6. The first-order chi connectivity index (χ1) is 11.6. The number of nitrogens with zero attached hydrogens (tertiary/aromatic N) is 3. The minimum absolute atomic E-state index is 0.192. The van der Waals surface area contributed by atoms with E-state index in [0.29, 0.717) is 11.6 Å². The molecule has 2 heterocycles. The lowest BCUT2D eigenvalue weighted by molar-refractivity contribution is 0.102. The van der Waals surface area contributed by atoms with Crippen molar-refractivity contribution < 1.29 is 4.79 Å². The highest BCUT2D eigenvalue weighted by atomic mass is 16.1. The third-order valence-corrected chi connectivity index (χ3v) is 4.62. The molecule has 1 saturated heterocycles. The summed E-state index contributed by atoms with van der Waals surface area (Å²) in [6, 6.07) is 7.56. The average molecular weight is 324 g/mol. The number of amides is 1. The number of benzene rings is 1. The second-order valence-electron chi connectivity index (χ2n) is 6.34. The Balaban J connectivity index is 1.77. The van der Waals surface area contributed by atoms with Gasteiger partial charge in [-0.15, -0.1) is 0 Å². The molecule has 0 spiro atoms. The van der Waals surface area contributed by atoms with Gasteiger partial charge >= 0.3 is 0 Å². The van der Waals surface area contributed by atoms with Gasteiger partial charge in [-0.1, -0.05) is 25.0 Å². The first-order valence-corrected chi connectivity index (χ1v) is 8.61. The Hall–Kier alpha value is -2.43. The van der Waals surface area contributed by atoms with Gasteiger partial charge in [0, 0.05) is 25.0 Å². The number of aromatic nitrogens is 2. The number of anilines is 2. The standard InChI is InChI=1S/C19H24N4O/c1-14-8-7-9-16(15(14)2)21-18(24)17-10-11-20-19(22-17)23-12-5-3-4-6-13-23/h7-11H,3-6,12-13H2,1-2H3,(H,21,24). The van der Waals surface area contributed by atoms with Crippen LogP contribution in [0.5, 0.6) is 0 Å². The Morgan fingerprint density at radius 2 is 1.83 bits per heavy atom. The highest BCUT2D eigenvalue weighted by molar-refractivity contribution is 6.03. The molecule has 0 radical (unpaired) electrons. The first-order valence-electron chi connectivity index (χ1n) is 8.61. The molecule has 3 rings (SSSR count). The predicted octanol–water partition coefficient (Wildman–Crippen LogP) is 3.73. The van der Waals surface area contributed by atoms with Crippen LogP contribution >= 0.6 is 0 Å². The van der Waals surface area contributed by atoms with Gasteiger partial charge in [0.1, 0.15) is 5.69 Å². The minimum atomic E-state index is -0.192. The third-order valence-electron chi connectivity index (χ3n) is 4.62. The Kier molecular flexibility index (Phi) is 5.08. The van der Waals surface area contributed by atoms with Crippen LogP contribution in [0.3, 0.4) is 0 Å². The molecule has 24 heavy (non-hydrogen) atoms. The van der Waals surface area contributed by atoms with E-state index in [1.807, 2.05) is 32.0 Å². The minimum Gasteiger partial charge on any atom is -0.341 e. The SMILES string of the molecule is Cc1cccc(NC(=O)c2ccnc(N3CCCCCC3)n2)c1C. The highest BCUT2D eigenvalue weighted by Crippen LogP contribution is 2.19. The van der Waals surface area contributed by atoms with Crippen LogP contribution in [0.25, 0.3) is 0 Å². The second kappa shape index (κ2) is 7.43. The van der Waals surface area contributed by atoms with Gasteiger partial charge in [0.05, 0.1) is 0 Å². The van der Waals surface area contributed by atoms with Crippen molar-refractivity contribution in [3.05, 3.63) is 47.3 Å². The monoisotopic (exact) mass is 324 g/mol. The predicted molar refractivity (Wildman–Crippen MR) is 96.6 cm³/mol. The first kappa shape index (κ1) is 16.4. The summed E-state index contributed by atoms with van der Waals surface area (Å²) in [6.07, 6.45) is 6.49. The molecule has 1 aromatic carbocycles. The lowest BCUT2D eigenvalue weighted by Gasteiger charge is -2.20. The van der Waals surface area contributed by atoms with Gasteiger partial charge in [-0.05, 0) is 49.9 Å². The topological polar surface area (TPSA) is 58.1 Å².